The molecule has 1 amide bonds. The molecule has 1 aromatic carbocycles. The van der Waals surface area contributed by atoms with Gasteiger partial charge in [-0.3, -0.25) is 0 Å². The molecule has 0 aliphatic heterocycles. The maximum Gasteiger partial charge on any atom is 0.427 e. The third kappa shape index (κ3) is 4.78. The van der Waals surface area contributed by atoms with Crippen LogP contribution in [-0.4, -0.2) is 30.6 Å². The largest absolute Gasteiger partial charge is 0.504 e. The van der Waals surface area contributed by atoms with Crippen molar-refractivity contribution in [2.45, 2.75) is 13.8 Å². The van der Waals surface area contributed by atoms with E-state index in [1.165, 1.54) is 12.3 Å². The lowest BCUT2D eigenvalue weighted by Gasteiger charge is -2.08. The Morgan fingerprint density at radius 1 is 1.47 bits per heavy atom. The summed E-state index contributed by atoms with van der Waals surface area (Å²) in [4.78, 5) is 11.0. The maximum atomic E-state index is 11.0. The van der Waals surface area contributed by atoms with Gasteiger partial charge in [0.05, 0.1) is 19.4 Å². The minimum atomic E-state index is -0.626. The van der Waals surface area contributed by atoms with Crippen LogP contribution in [-0.2, 0) is 4.74 Å². The van der Waals surface area contributed by atoms with E-state index in [0.717, 1.165) is 0 Å². The number of nitrogens with zero attached hydrogens (tertiary/aromatic N) is 1. The highest BCUT2D eigenvalue weighted by atomic mass is 79.9. The molecule has 0 spiro atoms. The first-order chi connectivity index (χ1) is 9.08. The van der Waals surface area contributed by atoms with Gasteiger partial charge in [-0.2, -0.15) is 5.10 Å². The average Bonchev–Trinajstić information content (AvgIpc) is 2.35. The zero-order valence-corrected chi connectivity index (χ0v) is 12.2. The Hall–Kier alpha value is -1.76. The van der Waals surface area contributed by atoms with E-state index in [-0.39, 0.29) is 12.4 Å². The van der Waals surface area contributed by atoms with Crippen molar-refractivity contribution < 1.29 is 19.4 Å². The molecule has 0 radical (unpaired) electrons. The van der Waals surface area contributed by atoms with Crippen molar-refractivity contribution in [3.05, 3.63) is 22.2 Å². The normalized spacial score (nSPS) is 10.5. The van der Waals surface area contributed by atoms with Crippen LogP contribution >= 0.6 is 15.9 Å². The number of hydrogen-bond acceptors (Lipinski definition) is 5. The molecule has 0 atom stereocenters. The van der Waals surface area contributed by atoms with Crippen molar-refractivity contribution in [1.29, 1.82) is 0 Å². The summed E-state index contributed by atoms with van der Waals surface area (Å²) in [6.07, 6.45) is 0.793. The number of hydrogen-bond donors (Lipinski definition) is 2. The monoisotopic (exact) mass is 330 g/mol. The van der Waals surface area contributed by atoms with Crippen LogP contribution in [0.1, 0.15) is 19.4 Å². The van der Waals surface area contributed by atoms with E-state index in [0.29, 0.717) is 22.4 Å². The molecular formula is C12H15BrN2O4. The maximum absolute atomic E-state index is 11.0. The number of carbonyl (C=O) groups is 1. The van der Waals surface area contributed by atoms with Crippen molar-refractivity contribution in [2.75, 3.05) is 13.2 Å². The molecule has 0 heterocycles. The SMILES string of the molecule is CCOC(=O)NN=Cc1cc(OCC)c(O)cc1Br. The van der Waals surface area contributed by atoms with Gasteiger partial charge in [-0.15, -0.1) is 0 Å². The number of phenolic OH excluding ortho intramolecular Hbond substituents is 1. The fourth-order valence-electron chi connectivity index (χ4n) is 1.25. The van der Waals surface area contributed by atoms with Gasteiger partial charge in [0.1, 0.15) is 0 Å². The Morgan fingerprint density at radius 3 is 2.84 bits per heavy atom. The first-order valence-corrected chi connectivity index (χ1v) is 6.48. The lowest BCUT2D eigenvalue weighted by Crippen LogP contribution is -2.18. The van der Waals surface area contributed by atoms with E-state index in [4.69, 9.17) is 4.74 Å². The van der Waals surface area contributed by atoms with Gasteiger partial charge < -0.3 is 14.6 Å². The van der Waals surface area contributed by atoms with Gasteiger partial charge >= 0.3 is 6.09 Å². The van der Waals surface area contributed by atoms with E-state index in [9.17, 15) is 9.90 Å². The molecule has 0 aliphatic carbocycles. The lowest BCUT2D eigenvalue weighted by molar-refractivity contribution is 0.152. The van der Waals surface area contributed by atoms with Crippen LogP contribution in [0.25, 0.3) is 0 Å². The zero-order valence-electron chi connectivity index (χ0n) is 10.6. The molecular weight excluding hydrogens is 316 g/mol. The third-order valence-corrected chi connectivity index (χ3v) is 2.70. The predicted molar refractivity (Wildman–Crippen MR) is 74.7 cm³/mol. The van der Waals surface area contributed by atoms with Crippen LogP contribution in [0.2, 0.25) is 0 Å². The molecule has 2 N–H and O–H groups in total. The van der Waals surface area contributed by atoms with Crippen LogP contribution in [0.15, 0.2) is 21.7 Å². The van der Waals surface area contributed by atoms with E-state index in [1.54, 1.807) is 13.0 Å². The number of aromatic hydroxyl groups is 1. The summed E-state index contributed by atoms with van der Waals surface area (Å²) < 4.78 is 10.5. The number of rotatable bonds is 5. The number of halogens is 1. The first-order valence-electron chi connectivity index (χ1n) is 5.69. The molecule has 0 fully saturated rings. The Bertz CT molecular complexity index is 477. The van der Waals surface area contributed by atoms with Gasteiger partial charge in [-0.25, -0.2) is 10.2 Å². The zero-order chi connectivity index (χ0) is 14.3. The van der Waals surface area contributed by atoms with Gasteiger partial charge in [0.25, 0.3) is 0 Å². The van der Waals surface area contributed by atoms with Crippen LogP contribution in [0.5, 0.6) is 11.5 Å². The molecule has 1 rings (SSSR count). The molecule has 0 unspecified atom stereocenters. The minimum Gasteiger partial charge on any atom is -0.504 e. The average molecular weight is 331 g/mol. The summed E-state index contributed by atoms with van der Waals surface area (Å²) in [5.41, 5.74) is 2.86. The molecule has 7 heteroatoms. The van der Waals surface area contributed by atoms with Gasteiger partial charge in [0, 0.05) is 10.0 Å². The van der Waals surface area contributed by atoms with Gasteiger partial charge in [-0.05, 0) is 41.9 Å². The quantitative estimate of drug-likeness (QED) is 0.642. The highest BCUT2D eigenvalue weighted by molar-refractivity contribution is 9.10. The summed E-state index contributed by atoms with van der Waals surface area (Å²) in [5.74, 6) is 0.382. The summed E-state index contributed by atoms with van der Waals surface area (Å²) in [6, 6.07) is 3.11. The molecule has 0 aliphatic rings. The van der Waals surface area contributed by atoms with Crippen molar-refractivity contribution in [2.24, 2.45) is 5.10 Å². The Kier molecular flexibility index (Phi) is 6.14. The smallest absolute Gasteiger partial charge is 0.427 e. The second kappa shape index (κ2) is 7.63. The number of benzene rings is 1. The van der Waals surface area contributed by atoms with Crippen molar-refractivity contribution in [1.82, 2.24) is 5.43 Å². The molecule has 6 nitrogen and oxygen atoms in total. The fraction of sp³-hybridized carbons (Fsp3) is 0.333. The molecule has 0 aromatic heterocycles. The molecule has 0 saturated heterocycles. The number of nitrogens with one attached hydrogen (secondary N) is 1. The van der Waals surface area contributed by atoms with Crippen LogP contribution < -0.4 is 10.2 Å². The van der Waals surface area contributed by atoms with E-state index in [2.05, 4.69) is 31.2 Å². The van der Waals surface area contributed by atoms with Crippen molar-refractivity contribution >= 4 is 28.2 Å². The van der Waals surface area contributed by atoms with Crippen LogP contribution in [0, 0.1) is 0 Å². The number of ether oxygens (including phenoxy) is 2. The summed E-state index contributed by atoms with van der Waals surface area (Å²) in [7, 11) is 0. The molecule has 0 saturated carbocycles. The number of hydrazone groups is 1. The topological polar surface area (TPSA) is 80.2 Å². The minimum absolute atomic E-state index is 0.0317. The molecule has 19 heavy (non-hydrogen) atoms. The van der Waals surface area contributed by atoms with E-state index >= 15 is 0 Å². The van der Waals surface area contributed by atoms with E-state index in [1.807, 2.05) is 6.92 Å². The van der Waals surface area contributed by atoms with Gasteiger partial charge in [-0.1, -0.05) is 0 Å². The fourth-order valence-corrected chi connectivity index (χ4v) is 1.68. The Labute approximate surface area is 119 Å². The molecule has 1 aromatic rings. The lowest BCUT2D eigenvalue weighted by atomic mass is 10.2. The second-order valence-electron chi connectivity index (χ2n) is 3.36. The number of phenols is 1. The van der Waals surface area contributed by atoms with Gasteiger partial charge in [0.2, 0.25) is 0 Å². The molecule has 0 bridgehead atoms. The number of amides is 1. The van der Waals surface area contributed by atoms with Crippen molar-refractivity contribution in [3.8, 4) is 11.5 Å². The van der Waals surface area contributed by atoms with Crippen LogP contribution in [0.4, 0.5) is 4.79 Å². The Balaban J connectivity index is 2.79. The highest BCUT2D eigenvalue weighted by Gasteiger charge is 2.07. The van der Waals surface area contributed by atoms with Gasteiger partial charge in [0.15, 0.2) is 11.5 Å². The first kappa shape index (κ1) is 15.3. The molecule has 104 valence electrons. The number of carbonyl (C=O) groups excluding carboxylic acids is 1. The summed E-state index contributed by atoms with van der Waals surface area (Å²) >= 11 is 3.28. The van der Waals surface area contributed by atoms with Crippen LogP contribution in [0.3, 0.4) is 0 Å². The summed E-state index contributed by atoms with van der Waals surface area (Å²) in [6.45, 7) is 4.23. The van der Waals surface area contributed by atoms with Crippen molar-refractivity contribution in [3.63, 3.8) is 0 Å². The van der Waals surface area contributed by atoms with E-state index < -0.39 is 6.09 Å². The summed E-state index contributed by atoms with van der Waals surface area (Å²) in [5, 5.41) is 13.4. The third-order valence-electron chi connectivity index (χ3n) is 2.01. The highest BCUT2D eigenvalue weighted by Crippen LogP contribution is 2.31. The second-order valence-corrected chi connectivity index (χ2v) is 4.22. The standard InChI is InChI=1S/C12H15BrN2O4/c1-3-18-11-5-8(9(13)6-10(11)16)7-14-15-12(17)19-4-2/h5-7,16H,3-4H2,1-2H3,(H,15,17). The predicted octanol–water partition coefficient (Wildman–Crippen LogP) is 2.63. The Morgan fingerprint density at radius 2 is 2.21 bits per heavy atom.